The van der Waals surface area contributed by atoms with Gasteiger partial charge in [0.25, 0.3) is 0 Å². The zero-order valence-electron chi connectivity index (χ0n) is 32.1. The average molecular weight is 837 g/mol. The molecule has 1 aromatic carbocycles. The molecule has 23 heteroatoms. The van der Waals surface area contributed by atoms with Gasteiger partial charge in [-0.25, -0.2) is 0 Å². The van der Waals surface area contributed by atoms with E-state index in [-0.39, 0.29) is 69.4 Å². The molecule has 21 nitrogen and oxygen atoms in total. The van der Waals surface area contributed by atoms with E-state index in [4.69, 9.17) is 34.4 Å². The van der Waals surface area contributed by atoms with Crippen LogP contribution in [0.1, 0.15) is 51.5 Å². The number of aliphatic imine (C=N–C) groups is 2. The normalized spacial score (nSPS) is 20.6. The lowest BCUT2D eigenvalue weighted by atomic mass is 10.0. The smallest absolute Gasteiger partial charge is 0.244 e. The van der Waals surface area contributed by atoms with Crippen LogP contribution in [-0.2, 0) is 40.0 Å². The monoisotopic (exact) mass is 836 g/mol. The molecule has 0 aliphatic carbocycles. The molecule has 5 atom stereocenters. The highest BCUT2D eigenvalue weighted by Gasteiger charge is 2.32. The number of carbonyl (C=O) groups excluding carboxylic acids is 7. The van der Waals surface area contributed by atoms with E-state index in [0.29, 0.717) is 12.0 Å². The Morgan fingerprint density at radius 2 is 1.46 bits per heavy atom. The van der Waals surface area contributed by atoms with Gasteiger partial charge in [0.15, 0.2) is 11.9 Å². The Bertz CT molecular complexity index is 1610. The van der Waals surface area contributed by atoms with Crippen molar-refractivity contribution in [3.8, 4) is 0 Å². The molecular formula is C34H56N14O7S2. The van der Waals surface area contributed by atoms with Gasteiger partial charge in [0.05, 0.1) is 19.0 Å². The molecule has 7 amide bonds. The third-order valence-corrected chi connectivity index (χ3v) is 11.4. The summed E-state index contributed by atoms with van der Waals surface area (Å²) in [6, 6.07) is 2.72. The maximum atomic E-state index is 14.1. The molecule has 1 aliphatic heterocycles. The second kappa shape index (κ2) is 24.4. The quantitative estimate of drug-likeness (QED) is 0.0346. The fraction of sp³-hybridized carbons (Fsp3) is 0.559. The number of hydrogen-bond acceptors (Lipinski definition) is 12. The summed E-state index contributed by atoms with van der Waals surface area (Å²) in [5.74, 6) is -5.33. The lowest BCUT2D eigenvalue weighted by Crippen LogP contribution is -2.59. The van der Waals surface area contributed by atoms with E-state index in [1.165, 1.54) is 21.6 Å². The van der Waals surface area contributed by atoms with E-state index >= 15 is 0 Å². The van der Waals surface area contributed by atoms with Crippen LogP contribution in [0.2, 0.25) is 0 Å². The van der Waals surface area contributed by atoms with Gasteiger partial charge in [0.2, 0.25) is 41.4 Å². The number of hydrogen-bond donors (Lipinski definition) is 12. The molecular weight excluding hydrogens is 781 g/mol. The molecule has 0 bridgehead atoms. The number of nitrogens with zero attached hydrogens (tertiary/aromatic N) is 2. The van der Waals surface area contributed by atoms with Crippen molar-refractivity contribution < 1.29 is 33.6 Å². The fourth-order valence-corrected chi connectivity index (χ4v) is 7.77. The lowest BCUT2D eigenvalue weighted by Gasteiger charge is -2.28. The van der Waals surface area contributed by atoms with Crippen molar-refractivity contribution in [3.05, 3.63) is 35.9 Å². The molecule has 5 unspecified atom stereocenters. The average Bonchev–Trinajstić information content (AvgIpc) is 3.14. The van der Waals surface area contributed by atoms with Crippen LogP contribution in [0.4, 0.5) is 0 Å². The molecule has 0 aromatic heterocycles. The second-order valence-electron chi connectivity index (χ2n) is 13.7. The van der Waals surface area contributed by atoms with Crippen LogP contribution in [0, 0.1) is 0 Å². The molecule has 0 radical (unpaired) electrons. The highest BCUT2D eigenvalue weighted by Crippen LogP contribution is 2.35. The standard InChI is InChI=1S/C34H56N14O7S2/c1-34(2)18-44-25(49)15-20(35)28(52)43-16-26(50)45-23(14-19-8-4-3-5-9-19)30(54)48-24(17-56-57-34)31(55)47-22(11-7-13-42-33(39)40)29(53)46-21(27(36)51)10-6-12-41-32(37)38/h3-5,8-9,20-24H,6-7,10-18,35H2,1-2H3,(H2,36,51)(H,43,52)(H,44,49)(H,45,50)(H,46,53)(H,47,55)(H,48,54)(H4,37,38,41)(H4,39,40,42). The summed E-state index contributed by atoms with van der Waals surface area (Å²) in [7, 11) is 2.53. The molecule has 1 aliphatic rings. The first-order valence-electron chi connectivity index (χ1n) is 18.1. The Balaban J connectivity index is 2.43. The van der Waals surface area contributed by atoms with Crippen molar-refractivity contribution >= 4 is 74.9 Å². The first-order chi connectivity index (χ1) is 26.9. The van der Waals surface area contributed by atoms with Crippen molar-refractivity contribution in [1.82, 2.24) is 31.9 Å². The number of guanidine groups is 2. The molecule has 2 rings (SSSR count). The molecule has 1 saturated heterocycles. The van der Waals surface area contributed by atoms with E-state index in [1.807, 2.05) is 13.8 Å². The first-order valence-corrected chi connectivity index (χ1v) is 20.4. The van der Waals surface area contributed by atoms with Gasteiger partial charge in [0.1, 0.15) is 24.2 Å². The number of rotatable bonds is 15. The predicted octanol–water partition coefficient (Wildman–Crippen LogP) is -4.12. The van der Waals surface area contributed by atoms with Gasteiger partial charge in [-0.05, 0) is 45.1 Å². The summed E-state index contributed by atoms with van der Waals surface area (Å²) in [4.78, 5) is 100.0. The van der Waals surface area contributed by atoms with E-state index < -0.39 is 82.9 Å². The lowest BCUT2D eigenvalue weighted by molar-refractivity contribution is -0.134. The number of nitrogens with two attached hydrogens (primary N) is 6. The number of amides is 7. The Hall–Kier alpha value is -5.29. The molecule has 57 heavy (non-hydrogen) atoms. The van der Waals surface area contributed by atoms with Crippen molar-refractivity contribution in [2.24, 2.45) is 44.4 Å². The zero-order valence-corrected chi connectivity index (χ0v) is 33.7. The molecule has 316 valence electrons. The van der Waals surface area contributed by atoms with Crippen LogP contribution in [0.3, 0.4) is 0 Å². The molecule has 1 aromatic rings. The topological polar surface area (TPSA) is 373 Å². The van der Waals surface area contributed by atoms with E-state index in [1.54, 1.807) is 30.3 Å². The highest BCUT2D eigenvalue weighted by molar-refractivity contribution is 8.77. The second-order valence-corrected chi connectivity index (χ2v) is 16.8. The van der Waals surface area contributed by atoms with Crippen LogP contribution >= 0.6 is 21.6 Å². The van der Waals surface area contributed by atoms with Crippen LogP contribution in [0.25, 0.3) is 0 Å². The largest absolute Gasteiger partial charge is 0.370 e. The molecule has 1 fully saturated rings. The minimum absolute atomic E-state index is 0.0167. The highest BCUT2D eigenvalue weighted by atomic mass is 33.1. The number of carbonyl (C=O) groups is 7. The Kier molecular flexibility index (Phi) is 20.5. The van der Waals surface area contributed by atoms with Crippen LogP contribution in [-0.4, -0.2) is 120 Å². The van der Waals surface area contributed by atoms with Crippen molar-refractivity contribution in [1.29, 1.82) is 0 Å². The number of primary amides is 1. The summed E-state index contributed by atoms with van der Waals surface area (Å²) < 4.78 is -0.605. The zero-order chi connectivity index (χ0) is 42.5. The third kappa shape index (κ3) is 19.4. The van der Waals surface area contributed by atoms with Crippen LogP contribution < -0.4 is 66.3 Å². The van der Waals surface area contributed by atoms with Crippen LogP contribution in [0.15, 0.2) is 40.3 Å². The van der Waals surface area contributed by atoms with Gasteiger partial charge in [-0.15, -0.1) is 0 Å². The molecule has 18 N–H and O–H groups in total. The Labute approximate surface area is 339 Å². The maximum Gasteiger partial charge on any atom is 0.244 e. The minimum Gasteiger partial charge on any atom is -0.370 e. The van der Waals surface area contributed by atoms with Gasteiger partial charge in [-0.1, -0.05) is 51.9 Å². The predicted molar refractivity (Wildman–Crippen MR) is 220 cm³/mol. The van der Waals surface area contributed by atoms with Crippen LogP contribution in [0.5, 0.6) is 0 Å². The van der Waals surface area contributed by atoms with Gasteiger partial charge in [-0.3, -0.25) is 43.5 Å². The summed E-state index contributed by atoms with van der Waals surface area (Å²) in [6.07, 6.45) is 0.336. The third-order valence-electron chi connectivity index (χ3n) is 8.15. The van der Waals surface area contributed by atoms with E-state index in [2.05, 4.69) is 41.9 Å². The summed E-state index contributed by atoms with van der Waals surface area (Å²) in [5.41, 5.74) is 33.8. The van der Waals surface area contributed by atoms with Crippen molar-refractivity contribution in [2.75, 3.05) is 31.9 Å². The van der Waals surface area contributed by atoms with Gasteiger partial charge in [-0.2, -0.15) is 0 Å². The first kappa shape index (κ1) is 47.9. The summed E-state index contributed by atoms with van der Waals surface area (Å²) in [6.45, 7) is 3.60. The summed E-state index contributed by atoms with van der Waals surface area (Å²) >= 11 is 0. The van der Waals surface area contributed by atoms with E-state index in [0.717, 1.165) is 0 Å². The van der Waals surface area contributed by atoms with Crippen molar-refractivity contribution in [2.45, 2.75) is 87.3 Å². The number of nitrogens with one attached hydrogen (secondary N) is 6. The molecule has 0 saturated carbocycles. The van der Waals surface area contributed by atoms with Gasteiger partial charge < -0.3 is 66.3 Å². The SMILES string of the molecule is CC1(C)CNC(=O)CC(N)C(=O)NCC(=O)NC(Cc2ccccc2)C(=O)NC(C(=O)NC(CCCN=C(N)N)C(=O)NC(CCCN=C(N)N)C(N)=O)CSS1. The molecule has 1 heterocycles. The number of benzene rings is 1. The van der Waals surface area contributed by atoms with E-state index in [9.17, 15) is 33.6 Å². The summed E-state index contributed by atoms with van der Waals surface area (Å²) in [5, 5.41) is 15.7. The minimum atomic E-state index is -1.27. The molecule has 0 spiro atoms. The Morgan fingerprint density at radius 3 is 2.05 bits per heavy atom. The van der Waals surface area contributed by atoms with Gasteiger partial charge in [0, 0.05) is 36.6 Å². The maximum absolute atomic E-state index is 14.1. The van der Waals surface area contributed by atoms with Gasteiger partial charge >= 0.3 is 0 Å². The Morgan fingerprint density at radius 1 is 0.842 bits per heavy atom. The fourth-order valence-electron chi connectivity index (χ4n) is 5.13. The van der Waals surface area contributed by atoms with Crippen molar-refractivity contribution in [3.63, 3.8) is 0 Å².